The first-order valence-electron chi connectivity index (χ1n) is 22.7. The Morgan fingerprint density at radius 3 is 2.32 bits per heavy atom. The molecule has 342 valence electrons. The zero-order valence-corrected chi connectivity index (χ0v) is 36.8. The molecule has 17 nitrogen and oxygen atoms in total. The van der Waals surface area contributed by atoms with Gasteiger partial charge in [0.05, 0.1) is 47.7 Å². The van der Waals surface area contributed by atoms with Gasteiger partial charge in [-0.05, 0) is 61.2 Å². The molecule has 1 saturated carbocycles. The second kappa shape index (κ2) is 18.0. The number of nitrogen functional groups attached to an aromatic ring is 1. The van der Waals surface area contributed by atoms with Crippen LogP contribution in [-0.4, -0.2) is 153 Å². The minimum absolute atomic E-state index is 0.129. The van der Waals surface area contributed by atoms with Crippen LogP contribution < -0.4 is 20.7 Å². The van der Waals surface area contributed by atoms with E-state index in [0.717, 1.165) is 111 Å². The molecule has 4 fully saturated rings. The molecular weight excluding hydrogens is 846 g/mol. The van der Waals surface area contributed by atoms with Gasteiger partial charge in [-0.3, -0.25) is 43.6 Å². The van der Waals surface area contributed by atoms with Crippen molar-refractivity contribution in [3.63, 3.8) is 0 Å². The predicted molar refractivity (Wildman–Crippen MR) is 243 cm³/mol. The van der Waals surface area contributed by atoms with Gasteiger partial charge in [-0.2, -0.15) is 5.10 Å². The fraction of sp³-hybridized carbons (Fsp3) is 0.417. The molecule has 0 radical (unpaired) electrons. The van der Waals surface area contributed by atoms with Gasteiger partial charge in [0.25, 0.3) is 17.7 Å². The molecule has 1 aliphatic carbocycles. The van der Waals surface area contributed by atoms with Crippen LogP contribution in [-0.2, 0) is 16.1 Å². The fourth-order valence-electron chi connectivity index (χ4n) is 10.2. The molecule has 0 bridgehead atoms. The lowest BCUT2D eigenvalue weighted by molar-refractivity contribution is -0.132. The van der Waals surface area contributed by atoms with E-state index in [-0.39, 0.29) is 49.0 Å². The Morgan fingerprint density at radius 1 is 0.833 bits per heavy atom. The normalized spacial score (nSPS) is 20.3. The van der Waals surface area contributed by atoms with Gasteiger partial charge >= 0.3 is 0 Å². The summed E-state index contributed by atoms with van der Waals surface area (Å²) in [6, 6.07) is 16.8. The van der Waals surface area contributed by atoms with Crippen LogP contribution in [0.3, 0.4) is 0 Å². The van der Waals surface area contributed by atoms with Crippen molar-refractivity contribution in [3.8, 4) is 17.0 Å². The van der Waals surface area contributed by atoms with Crippen molar-refractivity contribution in [2.45, 2.75) is 56.8 Å². The van der Waals surface area contributed by atoms with E-state index in [2.05, 4.69) is 34.9 Å². The van der Waals surface area contributed by atoms with E-state index in [9.17, 15) is 28.4 Å². The summed E-state index contributed by atoms with van der Waals surface area (Å²) in [5, 5.41) is 8.66. The lowest BCUT2D eigenvalue weighted by Gasteiger charge is -2.48. The highest BCUT2D eigenvalue weighted by Gasteiger charge is 2.45. The molecule has 5 aromatic rings. The molecule has 4 aliphatic heterocycles. The van der Waals surface area contributed by atoms with Gasteiger partial charge in [0.15, 0.2) is 11.4 Å². The summed E-state index contributed by atoms with van der Waals surface area (Å²) in [5.41, 5.74) is 11.3. The number of likely N-dealkylation sites (tertiary alicyclic amines) is 2. The second-order valence-corrected chi connectivity index (χ2v) is 17.9. The summed E-state index contributed by atoms with van der Waals surface area (Å²) in [7, 11) is 1.44. The summed E-state index contributed by atoms with van der Waals surface area (Å²) in [5.74, 6) is -1.69. The maximum atomic E-state index is 13.9. The van der Waals surface area contributed by atoms with Crippen LogP contribution in [0, 0.1) is 5.82 Å². The number of amides is 3. The Kier molecular flexibility index (Phi) is 11.8. The van der Waals surface area contributed by atoms with Crippen molar-refractivity contribution < 1.29 is 33.1 Å². The summed E-state index contributed by atoms with van der Waals surface area (Å²) < 4.78 is 21.1. The highest BCUT2D eigenvalue weighted by molar-refractivity contribution is 6.24. The number of fused-ring (bicyclic) bond motifs is 2. The number of methoxy groups -OCH3 is 1. The number of hydrogen-bond donors (Lipinski definition) is 2. The molecule has 1 unspecified atom stereocenters. The number of carbonyl (C=O) groups excluding carboxylic acids is 5. The van der Waals surface area contributed by atoms with Gasteiger partial charge in [0.2, 0.25) is 0 Å². The highest BCUT2D eigenvalue weighted by Crippen LogP contribution is 2.36. The number of ketones is 2. The van der Waals surface area contributed by atoms with Gasteiger partial charge < -0.3 is 20.7 Å². The largest absolute Gasteiger partial charge is 0.496 e. The zero-order valence-electron chi connectivity index (χ0n) is 36.8. The number of carbonyl (C=O) groups is 5. The first kappa shape index (κ1) is 43.3. The van der Waals surface area contributed by atoms with Crippen LogP contribution in [0.2, 0.25) is 0 Å². The average Bonchev–Trinajstić information content (AvgIpc) is 3.83. The maximum Gasteiger partial charge on any atom is 0.262 e. The van der Waals surface area contributed by atoms with Crippen LogP contribution in [0.5, 0.6) is 5.75 Å². The molecule has 6 heterocycles. The SMILES string of the molecule is COc1ccc(F)cc1C(=O)NCc1ccc(-c2nn(C3CCN(C4CN(CCN5CCN(c6ccc7c(c6)C(=O)N(C6CCC(=O)CC6=O)C7=O)CC5)C4)CC3)c3ncnc(N)c23)cc1. The van der Waals surface area contributed by atoms with E-state index in [1.54, 1.807) is 12.1 Å². The topological polar surface area (TPSA) is 192 Å². The van der Waals surface area contributed by atoms with Gasteiger partial charge in [0.1, 0.15) is 35.2 Å². The number of piperazine rings is 1. The van der Waals surface area contributed by atoms with Crippen LogP contribution >= 0.6 is 0 Å². The van der Waals surface area contributed by atoms with Crippen molar-refractivity contribution in [1.82, 2.24) is 44.7 Å². The molecule has 3 N–H and O–H groups in total. The van der Waals surface area contributed by atoms with Gasteiger partial charge in [-0.15, -0.1) is 0 Å². The molecule has 3 aromatic carbocycles. The summed E-state index contributed by atoms with van der Waals surface area (Å²) in [6.45, 7) is 9.65. The number of Topliss-reactive ketones (excluding diaryl/α,β-unsaturated/α-hetero) is 2. The minimum atomic E-state index is -0.867. The van der Waals surface area contributed by atoms with Gasteiger partial charge in [-0.25, -0.2) is 19.0 Å². The summed E-state index contributed by atoms with van der Waals surface area (Å²) in [6.07, 6.45) is 3.53. The number of aromatic nitrogens is 4. The number of nitrogens with one attached hydrogen (secondary N) is 1. The number of anilines is 2. The van der Waals surface area contributed by atoms with Crippen LogP contribution in [0.4, 0.5) is 15.9 Å². The average molecular weight is 898 g/mol. The third kappa shape index (κ3) is 8.28. The summed E-state index contributed by atoms with van der Waals surface area (Å²) >= 11 is 0. The summed E-state index contributed by atoms with van der Waals surface area (Å²) in [4.78, 5) is 83.6. The van der Waals surface area contributed by atoms with Crippen LogP contribution in [0.25, 0.3) is 22.3 Å². The lowest BCUT2D eigenvalue weighted by atomic mass is 9.92. The number of nitrogens with zero attached hydrogens (tertiary/aromatic N) is 9. The van der Waals surface area contributed by atoms with Gasteiger partial charge in [-0.1, -0.05) is 24.3 Å². The number of halogens is 1. The van der Waals surface area contributed by atoms with E-state index in [1.165, 1.54) is 25.6 Å². The molecule has 1 atom stereocenters. The number of piperidine rings is 1. The molecule has 0 spiro atoms. The van der Waals surface area contributed by atoms with Crippen LogP contribution in [0.15, 0.2) is 67.0 Å². The first-order valence-corrected chi connectivity index (χ1v) is 22.7. The van der Waals surface area contributed by atoms with Crippen molar-refractivity contribution >= 4 is 51.8 Å². The molecular formula is C48H52FN11O6. The molecule has 5 aliphatic rings. The number of imide groups is 1. The smallest absolute Gasteiger partial charge is 0.262 e. The van der Waals surface area contributed by atoms with Crippen LogP contribution in [0.1, 0.15) is 74.8 Å². The predicted octanol–water partition coefficient (Wildman–Crippen LogP) is 3.58. The molecule has 3 amide bonds. The molecule has 10 rings (SSSR count). The first-order chi connectivity index (χ1) is 32.0. The van der Waals surface area contributed by atoms with E-state index in [1.807, 2.05) is 35.0 Å². The Balaban J connectivity index is 0.684. The number of benzene rings is 3. The molecule has 66 heavy (non-hydrogen) atoms. The number of rotatable bonds is 12. The van der Waals surface area contributed by atoms with E-state index < -0.39 is 29.6 Å². The highest BCUT2D eigenvalue weighted by atomic mass is 19.1. The number of hydrogen-bond acceptors (Lipinski definition) is 14. The van der Waals surface area contributed by atoms with E-state index >= 15 is 0 Å². The molecule has 2 aromatic heterocycles. The Bertz CT molecular complexity index is 2720. The third-order valence-electron chi connectivity index (χ3n) is 14.0. The van der Waals surface area contributed by atoms with Crippen molar-refractivity contribution in [2.75, 3.05) is 83.2 Å². The molecule has 3 saturated heterocycles. The maximum absolute atomic E-state index is 13.9. The van der Waals surface area contributed by atoms with Crippen molar-refractivity contribution in [2.24, 2.45) is 0 Å². The van der Waals surface area contributed by atoms with Crippen molar-refractivity contribution in [3.05, 3.63) is 95.1 Å². The number of ether oxygens (including phenoxy) is 1. The Labute approximate surface area is 380 Å². The Hall–Kier alpha value is -6.63. The Morgan fingerprint density at radius 2 is 1.58 bits per heavy atom. The standard InChI is InChI=1S/C48H52FN11O6/c1-66-41-11-6-31(49)22-38(41)46(63)51-25-29-2-4-30(5-3-29)43-42-44(50)52-28-53-45(42)60(54-43)32-12-14-57(15-13-32)34-26-56(27-34)17-16-55-18-20-58(21-19-55)33-7-9-36-37(23-33)48(65)59(47(36)64)39-10-8-35(61)24-40(39)62/h2-7,9,11,22-23,28,32,34,39H,8,10,12-21,24-27H2,1H3,(H,51,63)(H2,50,52,53). The number of nitrogens with two attached hydrogens (primary N) is 1. The quantitative estimate of drug-likeness (QED) is 0.136. The van der Waals surface area contributed by atoms with Crippen molar-refractivity contribution in [1.29, 1.82) is 0 Å². The van der Waals surface area contributed by atoms with Gasteiger partial charge in [0, 0.05) is 95.7 Å². The van der Waals surface area contributed by atoms with E-state index in [4.69, 9.17) is 15.6 Å². The zero-order chi connectivity index (χ0) is 45.6. The third-order valence-corrected chi connectivity index (χ3v) is 14.0. The second-order valence-electron chi connectivity index (χ2n) is 17.9. The minimum Gasteiger partial charge on any atom is -0.496 e. The fourth-order valence-corrected chi connectivity index (χ4v) is 10.2. The molecule has 18 heteroatoms. The monoisotopic (exact) mass is 897 g/mol. The lowest BCUT2D eigenvalue weighted by Crippen LogP contribution is -2.62. The van der Waals surface area contributed by atoms with E-state index in [0.29, 0.717) is 40.1 Å².